The zero-order valence-electron chi connectivity index (χ0n) is 19.0. The minimum atomic E-state index is -0.409. The van der Waals surface area contributed by atoms with Crippen LogP contribution in [-0.4, -0.2) is 65.7 Å². The summed E-state index contributed by atoms with van der Waals surface area (Å²) >= 11 is 0. The normalized spacial score (nSPS) is 17.1. The fourth-order valence-corrected chi connectivity index (χ4v) is 3.79. The molecular weight excluding hydrogens is 425 g/mol. The first-order valence-corrected chi connectivity index (χ1v) is 10.7. The van der Waals surface area contributed by atoms with Crippen LogP contribution in [0.25, 0.3) is 10.9 Å². The first-order chi connectivity index (χ1) is 16.0. The number of aromatic nitrogens is 3. The molecule has 1 saturated heterocycles. The van der Waals surface area contributed by atoms with Crippen LogP contribution in [0.4, 0.5) is 10.2 Å². The van der Waals surface area contributed by atoms with Crippen molar-refractivity contribution in [1.29, 1.82) is 0 Å². The molecule has 0 saturated carbocycles. The second-order valence-corrected chi connectivity index (χ2v) is 7.92. The zero-order valence-corrected chi connectivity index (χ0v) is 19.0. The van der Waals surface area contributed by atoms with Crippen LogP contribution in [0.5, 0.6) is 5.75 Å². The summed E-state index contributed by atoms with van der Waals surface area (Å²) in [6.07, 6.45) is 2.77. The molecule has 0 amide bonds. The van der Waals surface area contributed by atoms with Crippen molar-refractivity contribution in [1.82, 2.24) is 20.1 Å². The van der Waals surface area contributed by atoms with Crippen molar-refractivity contribution in [2.24, 2.45) is 9.98 Å². The summed E-state index contributed by atoms with van der Waals surface area (Å²) in [6.45, 7) is 8.83. The molecule has 1 aromatic carbocycles. The molecule has 1 atom stereocenters. The van der Waals surface area contributed by atoms with E-state index in [9.17, 15) is 4.39 Å². The van der Waals surface area contributed by atoms with Crippen LogP contribution in [0.15, 0.2) is 46.1 Å². The van der Waals surface area contributed by atoms with Gasteiger partial charge in [-0.1, -0.05) is 0 Å². The van der Waals surface area contributed by atoms with E-state index in [-0.39, 0.29) is 18.6 Å². The third-order valence-electron chi connectivity index (χ3n) is 5.48. The Balaban J connectivity index is 1.55. The number of anilines is 1. The number of benzene rings is 1. The van der Waals surface area contributed by atoms with Gasteiger partial charge >= 0.3 is 0 Å². The molecule has 3 N–H and O–H groups in total. The monoisotopic (exact) mass is 453 g/mol. The van der Waals surface area contributed by atoms with Gasteiger partial charge in [0.15, 0.2) is 24.1 Å². The molecule has 0 radical (unpaired) electrons. The minimum Gasteiger partial charge on any atom is -0.468 e. The Morgan fingerprint density at radius 3 is 2.91 bits per heavy atom. The van der Waals surface area contributed by atoms with Crippen LogP contribution >= 0.6 is 0 Å². The number of hydrogen-bond acceptors (Lipinski definition) is 6. The largest absolute Gasteiger partial charge is 0.468 e. The Kier molecular flexibility index (Phi) is 6.74. The molecule has 3 aromatic rings. The Morgan fingerprint density at radius 2 is 2.21 bits per heavy atom. The third-order valence-corrected chi connectivity index (χ3v) is 5.48. The number of aliphatic imine (C=N–C) groups is 2. The SMILES string of the molecule is C=N/C(=C\C(=N/COc1ccc2[nH]c(C)cc2c1F)N1CCC(OC)C1)Nc1cc(C)[nH]n1. The van der Waals surface area contributed by atoms with Gasteiger partial charge in [0, 0.05) is 54.6 Å². The number of nitrogens with zero attached hydrogens (tertiary/aromatic N) is 4. The van der Waals surface area contributed by atoms with Crippen molar-refractivity contribution >= 4 is 29.3 Å². The number of likely N-dealkylation sites (tertiary alicyclic amines) is 1. The van der Waals surface area contributed by atoms with E-state index in [4.69, 9.17) is 9.47 Å². The van der Waals surface area contributed by atoms with Crippen molar-refractivity contribution in [3.63, 3.8) is 0 Å². The van der Waals surface area contributed by atoms with Gasteiger partial charge in [0.1, 0.15) is 11.7 Å². The number of amidine groups is 1. The molecule has 1 fully saturated rings. The predicted octanol–water partition coefficient (Wildman–Crippen LogP) is 3.76. The van der Waals surface area contributed by atoms with E-state index in [2.05, 4.69) is 42.1 Å². The zero-order chi connectivity index (χ0) is 23.4. The fraction of sp³-hybridized carbons (Fsp3) is 0.348. The maximum atomic E-state index is 14.8. The van der Waals surface area contributed by atoms with Crippen LogP contribution in [0.1, 0.15) is 17.8 Å². The van der Waals surface area contributed by atoms with E-state index in [1.807, 2.05) is 19.9 Å². The Morgan fingerprint density at radius 1 is 1.36 bits per heavy atom. The van der Waals surface area contributed by atoms with E-state index in [1.54, 1.807) is 31.4 Å². The van der Waals surface area contributed by atoms with Crippen LogP contribution in [0.2, 0.25) is 0 Å². The summed E-state index contributed by atoms with van der Waals surface area (Å²) < 4.78 is 26.0. The summed E-state index contributed by atoms with van der Waals surface area (Å²) in [7, 11) is 1.70. The van der Waals surface area contributed by atoms with E-state index >= 15 is 0 Å². The molecule has 0 aliphatic carbocycles. The molecule has 0 bridgehead atoms. The van der Waals surface area contributed by atoms with Crippen LogP contribution in [-0.2, 0) is 4.74 Å². The Hall–Kier alpha value is -3.66. The molecule has 2 aromatic heterocycles. The number of nitrogens with one attached hydrogen (secondary N) is 3. The highest BCUT2D eigenvalue weighted by molar-refractivity contribution is 5.94. The molecule has 10 heteroatoms. The highest BCUT2D eigenvalue weighted by Gasteiger charge is 2.24. The maximum absolute atomic E-state index is 14.8. The number of halogens is 1. The first-order valence-electron chi connectivity index (χ1n) is 10.7. The second-order valence-electron chi connectivity index (χ2n) is 7.92. The van der Waals surface area contributed by atoms with Gasteiger partial charge in [-0.3, -0.25) is 5.10 Å². The summed E-state index contributed by atoms with van der Waals surface area (Å²) in [5, 5.41) is 10.6. The van der Waals surface area contributed by atoms with Crippen molar-refractivity contribution < 1.29 is 13.9 Å². The van der Waals surface area contributed by atoms with Crippen molar-refractivity contribution in [3.8, 4) is 5.75 Å². The van der Waals surface area contributed by atoms with E-state index < -0.39 is 5.82 Å². The van der Waals surface area contributed by atoms with Crippen molar-refractivity contribution in [2.75, 3.05) is 32.2 Å². The molecule has 9 nitrogen and oxygen atoms in total. The number of H-pyrrole nitrogens is 2. The smallest absolute Gasteiger partial charge is 0.181 e. The number of aromatic amines is 2. The van der Waals surface area contributed by atoms with Crippen LogP contribution in [0, 0.1) is 19.7 Å². The number of rotatable bonds is 8. The topological polar surface area (TPSA) is 103 Å². The summed E-state index contributed by atoms with van der Waals surface area (Å²) in [4.78, 5) is 13.8. The number of ether oxygens (including phenoxy) is 2. The van der Waals surface area contributed by atoms with Crippen molar-refractivity contribution in [2.45, 2.75) is 26.4 Å². The van der Waals surface area contributed by atoms with Gasteiger partial charge in [0.05, 0.1) is 6.10 Å². The lowest BCUT2D eigenvalue weighted by molar-refractivity contribution is 0.114. The molecule has 1 aliphatic heterocycles. The highest BCUT2D eigenvalue weighted by Crippen LogP contribution is 2.27. The van der Waals surface area contributed by atoms with Gasteiger partial charge in [-0.2, -0.15) is 5.10 Å². The van der Waals surface area contributed by atoms with E-state index in [0.717, 1.165) is 29.9 Å². The average molecular weight is 454 g/mol. The maximum Gasteiger partial charge on any atom is 0.181 e. The first kappa shape index (κ1) is 22.5. The van der Waals surface area contributed by atoms with E-state index in [0.29, 0.717) is 29.4 Å². The molecule has 0 spiro atoms. The molecule has 33 heavy (non-hydrogen) atoms. The van der Waals surface area contributed by atoms with Gasteiger partial charge in [0.2, 0.25) is 0 Å². The summed E-state index contributed by atoms with van der Waals surface area (Å²) in [5.41, 5.74) is 2.54. The fourth-order valence-electron chi connectivity index (χ4n) is 3.79. The molecule has 4 rings (SSSR count). The molecule has 174 valence electrons. The summed E-state index contributed by atoms with van der Waals surface area (Å²) in [5.74, 6) is 1.48. The molecule has 3 heterocycles. The van der Waals surface area contributed by atoms with Gasteiger partial charge in [-0.25, -0.2) is 14.4 Å². The van der Waals surface area contributed by atoms with Crippen LogP contribution in [0.3, 0.4) is 0 Å². The number of hydrogen-bond donors (Lipinski definition) is 3. The predicted molar refractivity (Wildman–Crippen MR) is 127 cm³/mol. The Labute approximate surface area is 191 Å². The second kappa shape index (κ2) is 9.86. The van der Waals surface area contributed by atoms with E-state index in [1.165, 1.54) is 0 Å². The molecule has 1 aliphatic rings. The van der Waals surface area contributed by atoms with Gasteiger partial charge in [-0.05, 0) is 45.2 Å². The standard InChI is InChI=1S/C23H28FN7O2/c1-14-9-17-18(27-14)5-6-19(23(17)24)33-13-26-22(31-8-7-16(12-31)32-4)11-20(25-3)28-21-10-15(2)29-30-21/h5-6,9-11,16,27H,3,7-8,12-13H2,1-2,4H3,(H2,28,29,30)/b20-11+,26-22+. The van der Waals surface area contributed by atoms with Gasteiger partial charge < -0.3 is 24.7 Å². The lowest BCUT2D eigenvalue weighted by Crippen LogP contribution is -2.30. The van der Waals surface area contributed by atoms with Gasteiger partial charge in [-0.15, -0.1) is 0 Å². The molecule has 1 unspecified atom stereocenters. The quantitative estimate of drug-likeness (QED) is 0.356. The number of aryl methyl sites for hydroxylation is 2. The average Bonchev–Trinajstić information content (AvgIpc) is 3.53. The molecular formula is C23H28FN7O2. The summed E-state index contributed by atoms with van der Waals surface area (Å²) in [6, 6.07) is 7.02. The Bertz CT molecular complexity index is 1200. The lowest BCUT2D eigenvalue weighted by atomic mass is 10.2. The number of fused-ring (bicyclic) bond motifs is 1. The van der Waals surface area contributed by atoms with Crippen molar-refractivity contribution in [3.05, 3.63) is 53.4 Å². The van der Waals surface area contributed by atoms with Crippen LogP contribution < -0.4 is 10.1 Å². The third kappa shape index (κ3) is 5.23. The van der Waals surface area contributed by atoms with Gasteiger partial charge in [0.25, 0.3) is 0 Å². The minimum absolute atomic E-state index is 0.0578. The lowest BCUT2D eigenvalue weighted by Gasteiger charge is -2.19. The number of methoxy groups -OCH3 is 1. The highest BCUT2D eigenvalue weighted by atomic mass is 19.1.